The molecule has 248 valence electrons. The maximum Gasteiger partial charge on any atom is 0.328 e. The average molecular weight is 649 g/mol. The molecule has 0 saturated carbocycles. The molecule has 0 aromatic heterocycles. The van der Waals surface area contributed by atoms with Gasteiger partial charge in [0.25, 0.3) is 14.2 Å². The van der Waals surface area contributed by atoms with Crippen LogP contribution in [0.5, 0.6) is 11.5 Å². The van der Waals surface area contributed by atoms with E-state index < -0.39 is 31.2 Å². The summed E-state index contributed by atoms with van der Waals surface area (Å²) in [6.07, 6.45) is 1.39. The number of benzene rings is 3. The van der Waals surface area contributed by atoms with E-state index in [2.05, 4.69) is 46.9 Å². The largest absolute Gasteiger partial charge is 0.543 e. The minimum absolute atomic E-state index is 0.0174. The number of esters is 1. The fourth-order valence-electron chi connectivity index (χ4n) is 6.17. The van der Waals surface area contributed by atoms with Crippen LogP contribution in [-0.2, 0) is 22.4 Å². The number of hydrogen-bond donors (Lipinski definition) is 1. The van der Waals surface area contributed by atoms with Crippen LogP contribution in [0.25, 0.3) is 0 Å². The van der Waals surface area contributed by atoms with Gasteiger partial charge >= 0.3 is 11.7 Å². The van der Waals surface area contributed by atoms with E-state index in [4.69, 9.17) is 13.9 Å². The van der Waals surface area contributed by atoms with Gasteiger partial charge in [0.2, 0.25) is 0 Å². The van der Waals surface area contributed by atoms with Crippen LogP contribution >= 0.6 is 0 Å². The molecule has 1 amide bonds. The third-order valence-electron chi connectivity index (χ3n) is 8.43. The number of ether oxygens (including phenoxy) is 2. The molecule has 0 aliphatic carbocycles. The van der Waals surface area contributed by atoms with Crippen molar-refractivity contribution >= 4 is 25.9 Å². The zero-order valence-corrected chi connectivity index (χ0v) is 29.1. The summed E-state index contributed by atoms with van der Waals surface area (Å²) in [7, 11) is -2.08. The fourth-order valence-corrected chi connectivity index (χ4v) is 11.4. The lowest BCUT2D eigenvalue weighted by atomic mass is 10.0. The summed E-state index contributed by atoms with van der Waals surface area (Å²) in [6.45, 7) is 15.5. The molecule has 9 nitrogen and oxygen atoms in total. The zero-order chi connectivity index (χ0) is 33.9. The normalized spacial score (nSPS) is 12.2. The number of aryl methyl sites for hydroxylation is 1. The van der Waals surface area contributed by atoms with E-state index in [1.165, 1.54) is 18.2 Å². The molecule has 3 rings (SSSR count). The van der Waals surface area contributed by atoms with Gasteiger partial charge in [-0.2, -0.15) is 0 Å². The summed E-state index contributed by atoms with van der Waals surface area (Å²) in [5, 5.41) is 14.5. The number of rotatable bonds is 17. The van der Waals surface area contributed by atoms with Crippen molar-refractivity contribution in [2.24, 2.45) is 0 Å². The molecular formula is C36H48N2O7Si. The Morgan fingerprint density at radius 2 is 1.46 bits per heavy atom. The van der Waals surface area contributed by atoms with Crippen LogP contribution in [-0.4, -0.2) is 44.4 Å². The van der Waals surface area contributed by atoms with Gasteiger partial charge in [-0.05, 0) is 65.7 Å². The molecule has 0 bridgehead atoms. The van der Waals surface area contributed by atoms with Crippen LogP contribution in [0.1, 0.15) is 76.4 Å². The molecule has 0 saturated heterocycles. The Morgan fingerprint density at radius 3 is 2.02 bits per heavy atom. The molecular weight excluding hydrogens is 600 g/mol. The molecule has 1 N–H and O–H groups in total. The Balaban J connectivity index is 1.69. The standard InChI is InChI=1S/C36H48N2O7Si/c1-8-43-36(40)32(20-16-28-12-10-9-11-13-28)37-35(39)30-17-21-33(38(41)42)34(24-30)44-23-22-29-14-18-31(19-15-29)45-46(25(2)3,26(4)5)27(6)7/h9-15,17-19,21,24-27,32H,8,16,20,22-23H2,1-7H3,(H,37,39)/t32-/m0/s1. The number of nitrogens with one attached hydrogen (secondary N) is 1. The molecule has 0 aliphatic heterocycles. The van der Waals surface area contributed by atoms with Crippen molar-refractivity contribution in [1.82, 2.24) is 5.32 Å². The van der Waals surface area contributed by atoms with Crippen molar-refractivity contribution in [2.75, 3.05) is 13.2 Å². The summed E-state index contributed by atoms with van der Waals surface area (Å²) >= 11 is 0. The van der Waals surface area contributed by atoms with Crippen LogP contribution in [0.3, 0.4) is 0 Å². The van der Waals surface area contributed by atoms with Gasteiger partial charge in [-0.1, -0.05) is 84.0 Å². The number of nitrogens with zero attached hydrogens (tertiary/aromatic N) is 1. The van der Waals surface area contributed by atoms with Gasteiger partial charge in [0.15, 0.2) is 5.75 Å². The summed E-state index contributed by atoms with van der Waals surface area (Å²) in [6, 6.07) is 20.6. The molecule has 3 aromatic carbocycles. The number of nitro groups is 1. The molecule has 1 atom stereocenters. The van der Waals surface area contributed by atoms with Crippen molar-refractivity contribution in [3.8, 4) is 11.5 Å². The quantitative estimate of drug-likeness (QED) is 0.0681. The highest BCUT2D eigenvalue weighted by Crippen LogP contribution is 2.42. The van der Waals surface area contributed by atoms with E-state index in [9.17, 15) is 19.7 Å². The Morgan fingerprint density at radius 1 is 0.848 bits per heavy atom. The first kappa shape index (κ1) is 36.3. The average Bonchev–Trinajstić information content (AvgIpc) is 3.02. The Hall–Kier alpha value is -4.18. The van der Waals surface area contributed by atoms with Crippen molar-refractivity contribution in [1.29, 1.82) is 0 Å². The topological polar surface area (TPSA) is 117 Å². The minimum atomic E-state index is -2.08. The first-order chi connectivity index (χ1) is 21.9. The van der Waals surface area contributed by atoms with Crippen LogP contribution in [0.4, 0.5) is 5.69 Å². The minimum Gasteiger partial charge on any atom is -0.543 e. The maximum atomic E-state index is 13.2. The molecule has 10 heteroatoms. The molecule has 3 aromatic rings. The number of hydrogen-bond acceptors (Lipinski definition) is 7. The summed E-state index contributed by atoms with van der Waals surface area (Å²) in [5.41, 5.74) is 3.29. The predicted octanol–water partition coefficient (Wildman–Crippen LogP) is 8.06. The van der Waals surface area contributed by atoms with Crippen LogP contribution in [0.2, 0.25) is 16.6 Å². The highest BCUT2D eigenvalue weighted by Gasteiger charge is 2.47. The number of amides is 1. The Kier molecular flexibility index (Phi) is 13.4. The lowest BCUT2D eigenvalue weighted by Gasteiger charge is -2.42. The second-order valence-corrected chi connectivity index (χ2v) is 17.8. The van der Waals surface area contributed by atoms with Crippen LogP contribution in [0, 0.1) is 10.1 Å². The van der Waals surface area contributed by atoms with Gasteiger partial charge in [0.1, 0.15) is 11.8 Å². The SMILES string of the molecule is CCOC(=O)[C@H](CCc1ccccc1)NC(=O)c1ccc([N+](=O)[O-])c(OCCc2ccc(O[Si](C(C)C)(C(C)C)C(C)C)cc2)c1. The van der Waals surface area contributed by atoms with Crippen molar-refractivity contribution in [2.45, 2.75) is 90.4 Å². The molecule has 0 aliphatic rings. The molecule has 0 radical (unpaired) electrons. The van der Waals surface area contributed by atoms with E-state index in [0.29, 0.717) is 35.9 Å². The van der Waals surface area contributed by atoms with Crippen molar-refractivity contribution in [3.05, 3.63) is 99.6 Å². The van der Waals surface area contributed by atoms with Gasteiger partial charge in [-0.3, -0.25) is 14.9 Å². The van der Waals surface area contributed by atoms with Crippen LogP contribution in [0.15, 0.2) is 72.8 Å². The van der Waals surface area contributed by atoms with Crippen molar-refractivity contribution < 1.29 is 28.4 Å². The number of carbonyl (C=O) groups is 2. The van der Waals surface area contributed by atoms with Crippen molar-refractivity contribution in [3.63, 3.8) is 0 Å². The third kappa shape index (κ3) is 9.42. The van der Waals surface area contributed by atoms with E-state index in [0.717, 1.165) is 16.9 Å². The van der Waals surface area contributed by atoms with Gasteiger partial charge in [0.05, 0.1) is 18.1 Å². The molecule has 0 spiro atoms. The Bertz CT molecular complexity index is 1420. The fraction of sp³-hybridized carbons (Fsp3) is 0.444. The van der Waals surface area contributed by atoms with Crippen LogP contribution < -0.4 is 14.5 Å². The summed E-state index contributed by atoms with van der Waals surface area (Å²) in [5.74, 6) is -0.250. The smallest absolute Gasteiger partial charge is 0.328 e. The van der Waals surface area contributed by atoms with E-state index >= 15 is 0 Å². The van der Waals surface area contributed by atoms with E-state index in [-0.39, 0.29) is 30.2 Å². The van der Waals surface area contributed by atoms with Gasteiger partial charge in [0, 0.05) is 24.1 Å². The zero-order valence-electron chi connectivity index (χ0n) is 28.1. The Labute approximate surface area is 273 Å². The lowest BCUT2D eigenvalue weighted by molar-refractivity contribution is -0.385. The van der Waals surface area contributed by atoms with Gasteiger partial charge in [-0.15, -0.1) is 0 Å². The maximum absolute atomic E-state index is 13.2. The first-order valence-electron chi connectivity index (χ1n) is 16.1. The van der Waals surface area contributed by atoms with Gasteiger partial charge in [-0.25, -0.2) is 4.79 Å². The molecule has 46 heavy (non-hydrogen) atoms. The highest BCUT2D eigenvalue weighted by molar-refractivity contribution is 6.78. The lowest BCUT2D eigenvalue weighted by Crippen LogP contribution is -2.50. The second-order valence-electron chi connectivity index (χ2n) is 12.4. The van der Waals surface area contributed by atoms with Gasteiger partial charge < -0.3 is 19.2 Å². The summed E-state index contributed by atoms with van der Waals surface area (Å²) < 4.78 is 17.8. The summed E-state index contributed by atoms with van der Waals surface area (Å²) in [4.78, 5) is 37.0. The number of carbonyl (C=O) groups excluding carboxylic acids is 2. The highest BCUT2D eigenvalue weighted by atomic mass is 28.4. The molecule has 0 heterocycles. The predicted molar refractivity (Wildman–Crippen MR) is 183 cm³/mol. The monoisotopic (exact) mass is 648 g/mol. The molecule has 0 fully saturated rings. The first-order valence-corrected chi connectivity index (χ1v) is 18.2. The molecule has 0 unspecified atom stereocenters. The third-order valence-corrected chi connectivity index (χ3v) is 14.4. The van der Waals surface area contributed by atoms with E-state index in [1.807, 2.05) is 54.6 Å². The number of nitro benzene ring substituents is 1. The van der Waals surface area contributed by atoms with E-state index in [1.54, 1.807) is 6.92 Å². The second kappa shape index (κ2) is 16.9.